The van der Waals surface area contributed by atoms with Crippen molar-refractivity contribution in [1.82, 2.24) is 4.98 Å². The standard InChI is InChI=1S/C25H26N2O4/c1-16-17(5-4-6-21(16)18-7-10-24(29-2)27-14-18)13-26-20-8-9-22-19(11-25(28)30-3)15-31-23(22)12-20/h4-10,12,14,19,26H,11,13,15H2,1-3H3. The van der Waals surface area contributed by atoms with Gasteiger partial charge in [0, 0.05) is 47.6 Å². The first kappa shape index (κ1) is 20.7. The molecule has 0 saturated carbocycles. The summed E-state index contributed by atoms with van der Waals surface area (Å²) in [6.07, 6.45) is 2.17. The van der Waals surface area contributed by atoms with Gasteiger partial charge in [0.15, 0.2) is 0 Å². The van der Waals surface area contributed by atoms with Crippen molar-refractivity contribution < 1.29 is 19.0 Å². The lowest BCUT2D eigenvalue weighted by molar-refractivity contribution is -0.141. The molecule has 1 aliphatic heterocycles. The number of nitrogens with one attached hydrogen (secondary N) is 1. The topological polar surface area (TPSA) is 69.7 Å². The summed E-state index contributed by atoms with van der Waals surface area (Å²) in [5.74, 6) is 1.26. The van der Waals surface area contributed by atoms with E-state index in [1.54, 1.807) is 7.11 Å². The Balaban J connectivity index is 1.47. The minimum absolute atomic E-state index is 0.0496. The largest absolute Gasteiger partial charge is 0.493 e. The van der Waals surface area contributed by atoms with E-state index in [-0.39, 0.29) is 11.9 Å². The summed E-state index contributed by atoms with van der Waals surface area (Å²) in [5.41, 5.74) is 6.66. The van der Waals surface area contributed by atoms with E-state index < -0.39 is 0 Å². The van der Waals surface area contributed by atoms with E-state index >= 15 is 0 Å². The fourth-order valence-corrected chi connectivity index (χ4v) is 3.89. The molecule has 1 unspecified atom stereocenters. The Hall–Kier alpha value is -3.54. The summed E-state index contributed by atoms with van der Waals surface area (Å²) in [4.78, 5) is 15.9. The molecule has 2 aromatic carbocycles. The minimum Gasteiger partial charge on any atom is -0.493 e. The number of hydrogen-bond acceptors (Lipinski definition) is 6. The SMILES string of the molecule is COC(=O)CC1COc2cc(NCc3cccc(-c4ccc(OC)nc4)c3C)ccc21. The zero-order valence-corrected chi connectivity index (χ0v) is 18.0. The van der Waals surface area contributed by atoms with E-state index in [9.17, 15) is 4.79 Å². The summed E-state index contributed by atoms with van der Waals surface area (Å²) in [5, 5.41) is 3.49. The van der Waals surface area contributed by atoms with Crippen molar-refractivity contribution in [2.75, 3.05) is 26.1 Å². The number of benzene rings is 2. The Morgan fingerprint density at radius 1 is 1.19 bits per heavy atom. The normalized spacial score (nSPS) is 14.5. The van der Waals surface area contributed by atoms with Crippen molar-refractivity contribution in [3.8, 4) is 22.8 Å². The van der Waals surface area contributed by atoms with Gasteiger partial charge in [0.1, 0.15) is 5.75 Å². The zero-order valence-electron chi connectivity index (χ0n) is 18.0. The van der Waals surface area contributed by atoms with Crippen LogP contribution in [0.2, 0.25) is 0 Å². The smallest absolute Gasteiger partial charge is 0.306 e. The van der Waals surface area contributed by atoms with E-state index in [2.05, 4.69) is 35.4 Å². The first-order chi connectivity index (χ1) is 15.1. The zero-order chi connectivity index (χ0) is 21.8. The Bertz CT molecular complexity index is 1080. The number of fused-ring (bicyclic) bond motifs is 1. The molecule has 31 heavy (non-hydrogen) atoms. The van der Waals surface area contributed by atoms with Gasteiger partial charge in [0.25, 0.3) is 0 Å². The quantitative estimate of drug-likeness (QED) is 0.560. The molecule has 1 N–H and O–H groups in total. The maximum absolute atomic E-state index is 11.6. The van der Waals surface area contributed by atoms with Gasteiger partial charge in [-0.1, -0.05) is 24.3 Å². The second-order valence-corrected chi connectivity index (χ2v) is 7.57. The Morgan fingerprint density at radius 2 is 2.06 bits per heavy atom. The molecule has 0 bridgehead atoms. The van der Waals surface area contributed by atoms with Gasteiger partial charge in [0.2, 0.25) is 5.88 Å². The van der Waals surface area contributed by atoms with Crippen LogP contribution >= 0.6 is 0 Å². The lowest BCUT2D eigenvalue weighted by Gasteiger charge is -2.14. The van der Waals surface area contributed by atoms with Crippen molar-refractivity contribution in [3.05, 3.63) is 71.4 Å². The van der Waals surface area contributed by atoms with Gasteiger partial charge < -0.3 is 19.5 Å². The number of hydrogen-bond donors (Lipinski definition) is 1. The van der Waals surface area contributed by atoms with Crippen LogP contribution in [0, 0.1) is 6.92 Å². The van der Waals surface area contributed by atoms with Gasteiger partial charge in [-0.05, 0) is 35.7 Å². The molecule has 0 amide bonds. The maximum atomic E-state index is 11.6. The molecular formula is C25H26N2O4. The molecule has 0 saturated heterocycles. The van der Waals surface area contributed by atoms with Gasteiger partial charge in [-0.15, -0.1) is 0 Å². The molecule has 1 aromatic heterocycles. The van der Waals surface area contributed by atoms with Crippen LogP contribution in [0.15, 0.2) is 54.7 Å². The Kier molecular flexibility index (Phi) is 6.07. The number of esters is 1. The number of aromatic nitrogens is 1. The van der Waals surface area contributed by atoms with Gasteiger partial charge in [-0.25, -0.2) is 4.98 Å². The molecule has 1 aliphatic rings. The molecule has 0 spiro atoms. The van der Waals surface area contributed by atoms with E-state index in [0.717, 1.165) is 28.1 Å². The van der Waals surface area contributed by atoms with Gasteiger partial charge in [-0.2, -0.15) is 0 Å². The van der Waals surface area contributed by atoms with E-state index in [4.69, 9.17) is 14.2 Å². The monoisotopic (exact) mass is 418 g/mol. The molecule has 3 aromatic rings. The highest BCUT2D eigenvalue weighted by Crippen LogP contribution is 2.38. The molecule has 2 heterocycles. The van der Waals surface area contributed by atoms with E-state index in [1.807, 2.05) is 36.5 Å². The fraction of sp³-hybridized carbons (Fsp3) is 0.280. The second kappa shape index (κ2) is 9.08. The van der Waals surface area contributed by atoms with Crippen LogP contribution in [-0.2, 0) is 16.1 Å². The summed E-state index contributed by atoms with van der Waals surface area (Å²) in [6, 6.07) is 16.2. The maximum Gasteiger partial charge on any atom is 0.306 e. The number of nitrogens with zero attached hydrogens (tertiary/aromatic N) is 1. The highest BCUT2D eigenvalue weighted by atomic mass is 16.5. The molecule has 6 nitrogen and oxygen atoms in total. The lowest BCUT2D eigenvalue weighted by Crippen LogP contribution is -2.09. The molecular weight excluding hydrogens is 392 g/mol. The van der Waals surface area contributed by atoms with Crippen LogP contribution in [0.25, 0.3) is 11.1 Å². The van der Waals surface area contributed by atoms with Gasteiger partial charge in [-0.3, -0.25) is 4.79 Å². The third-order valence-corrected chi connectivity index (χ3v) is 5.72. The van der Waals surface area contributed by atoms with E-state index in [0.29, 0.717) is 25.5 Å². The fourth-order valence-electron chi connectivity index (χ4n) is 3.89. The first-order valence-electron chi connectivity index (χ1n) is 10.3. The molecule has 0 aliphatic carbocycles. The molecule has 0 radical (unpaired) electrons. The van der Waals surface area contributed by atoms with Crippen LogP contribution in [0.3, 0.4) is 0 Å². The van der Waals surface area contributed by atoms with Crippen LogP contribution in [0.5, 0.6) is 11.6 Å². The molecule has 1 atom stereocenters. The van der Waals surface area contributed by atoms with Crippen molar-refractivity contribution >= 4 is 11.7 Å². The van der Waals surface area contributed by atoms with Gasteiger partial charge in [0.05, 0.1) is 27.2 Å². The third-order valence-electron chi connectivity index (χ3n) is 5.72. The van der Waals surface area contributed by atoms with Crippen LogP contribution < -0.4 is 14.8 Å². The number of pyridine rings is 1. The molecule has 6 heteroatoms. The Labute approximate surface area is 182 Å². The molecule has 160 valence electrons. The minimum atomic E-state index is -0.217. The van der Waals surface area contributed by atoms with E-state index in [1.165, 1.54) is 18.2 Å². The van der Waals surface area contributed by atoms with Crippen molar-refractivity contribution in [1.29, 1.82) is 0 Å². The average molecular weight is 418 g/mol. The van der Waals surface area contributed by atoms with Crippen molar-refractivity contribution in [2.45, 2.75) is 25.8 Å². The van der Waals surface area contributed by atoms with Crippen LogP contribution in [0.1, 0.15) is 29.0 Å². The molecule has 4 rings (SSSR count). The number of rotatable bonds is 7. The number of ether oxygens (including phenoxy) is 3. The number of anilines is 1. The second-order valence-electron chi connectivity index (χ2n) is 7.57. The summed E-state index contributed by atoms with van der Waals surface area (Å²) in [6.45, 7) is 3.32. The summed E-state index contributed by atoms with van der Waals surface area (Å²) >= 11 is 0. The summed E-state index contributed by atoms with van der Waals surface area (Å²) < 4.78 is 15.7. The van der Waals surface area contributed by atoms with Crippen LogP contribution in [-0.4, -0.2) is 31.8 Å². The van der Waals surface area contributed by atoms with Crippen LogP contribution in [0.4, 0.5) is 5.69 Å². The lowest BCUT2D eigenvalue weighted by atomic mass is 9.97. The first-order valence-corrected chi connectivity index (χ1v) is 10.3. The predicted octanol–water partition coefficient (Wildman–Crippen LogP) is 4.72. The number of methoxy groups -OCH3 is 2. The predicted molar refractivity (Wildman–Crippen MR) is 120 cm³/mol. The number of carbonyl (C=O) groups excluding carboxylic acids is 1. The highest BCUT2D eigenvalue weighted by Gasteiger charge is 2.26. The average Bonchev–Trinajstić information content (AvgIpc) is 3.20. The molecule has 0 fully saturated rings. The van der Waals surface area contributed by atoms with Gasteiger partial charge >= 0.3 is 5.97 Å². The van der Waals surface area contributed by atoms with Crippen molar-refractivity contribution in [3.63, 3.8) is 0 Å². The highest BCUT2D eigenvalue weighted by molar-refractivity contribution is 5.71. The Morgan fingerprint density at radius 3 is 2.81 bits per heavy atom. The number of carbonyl (C=O) groups is 1. The summed E-state index contributed by atoms with van der Waals surface area (Å²) in [7, 11) is 3.02. The third kappa shape index (κ3) is 4.48. The van der Waals surface area contributed by atoms with Crippen molar-refractivity contribution in [2.24, 2.45) is 0 Å².